The van der Waals surface area contributed by atoms with E-state index in [1.807, 2.05) is 38.1 Å². The number of nitrogens with zero attached hydrogens (tertiary/aromatic N) is 1. The number of aliphatic carboxylic acids is 1. The first kappa shape index (κ1) is 24.8. The Morgan fingerprint density at radius 2 is 1.63 bits per heavy atom. The van der Waals surface area contributed by atoms with Crippen LogP contribution in [-0.4, -0.2) is 54.2 Å². The molecule has 1 atom stereocenters. The van der Waals surface area contributed by atoms with Crippen molar-refractivity contribution in [2.75, 3.05) is 26.2 Å². The molecular formula is C28H34N2O5. The van der Waals surface area contributed by atoms with Gasteiger partial charge in [-0.05, 0) is 52.8 Å². The van der Waals surface area contributed by atoms with E-state index in [1.165, 1.54) is 16.0 Å². The molecule has 0 aromatic heterocycles. The molecule has 1 fully saturated rings. The van der Waals surface area contributed by atoms with E-state index in [9.17, 15) is 19.5 Å². The molecule has 2 aromatic rings. The number of carboxylic acid groups (broad SMARTS) is 1. The minimum Gasteiger partial charge on any atom is -0.480 e. The SMILES string of the molecule is CC(C)CN(CC(=O)O)C(=O)CC(CNC(=O)OCC1c2ccccc2-c2ccccc21)C1CC1. The molecule has 0 spiro atoms. The minimum absolute atomic E-state index is 0.00503. The summed E-state index contributed by atoms with van der Waals surface area (Å²) in [4.78, 5) is 38.1. The first-order chi connectivity index (χ1) is 16.8. The van der Waals surface area contributed by atoms with E-state index < -0.39 is 12.1 Å². The Morgan fingerprint density at radius 3 is 2.17 bits per heavy atom. The van der Waals surface area contributed by atoms with Crippen LogP contribution >= 0.6 is 0 Å². The highest BCUT2D eigenvalue weighted by molar-refractivity contribution is 5.82. The van der Waals surface area contributed by atoms with Crippen LogP contribution in [0.15, 0.2) is 48.5 Å². The van der Waals surface area contributed by atoms with Crippen molar-refractivity contribution in [2.45, 2.75) is 39.0 Å². The summed E-state index contributed by atoms with van der Waals surface area (Å²) in [7, 11) is 0. The van der Waals surface area contributed by atoms with Gasteiger partial charge in [0.05, 0.1) is 0 Å². The molecule has 0 heterocycles. The van der Waals surface area contributed by atoms with Gasteiger partial charge in [-0.25, -0.2) is 4.79 Å². The monoisotopic (exact) mass is 478 g/mol. The third-order valence-electron chi connectivity index (χ3n) is 6.84. The van der Waals surface area contributed by atoms with Crippen LogP contribution in [0.3, 0.4) is 0 Å². The predicted molar refractivity (Wildman–Crippen MR) is 133 cm³/mol. The van der Waals surface area contributed by atoms with Gasteiger partial charge in [-0.3, -0.25) is 9.59 Å². The fraction of sp³-hybridized carbons (Fsp3) is 0.464. The lowest BCUT2D eigenvalue weighted by atomic mass is 9.98. The summed E-state index contributed by atoms with van der Waals surface area (Å²) in [6.07, 6.45) is 1.78. The van der Waals surface area contributed by atoms with Gasteiger partial charge in [-0.1, -0.05) is 62.4 Å². The van der Waals surface area contributed by atoms with E-state index in [2.05, 4.69) is 29.6 Å². The second kappa shape index (κ2) is 10.9. The average Bonchev–Trinajstić information content (AvgIpc) is 3.62. The van der Waals surface area contributed by atoms with Crippen LogP contribution in [0.4, 0.5) is 4.79 Å². The van der Waals surface area contributed by atoms with Crippen LogP contribution < -0.4 is 5.32 Å². The molecular weight excluding hydrogens is 444 g/mol. The number of hydrogen-bond acceptors (Lipinski definition) is 4. The van der Waals surface area contributed by atoms with Crippen molar-refractivity contribution in [3.8, 4) is 11.1 Å². The van der Waals surface area contributed by atoms with Crippen LogP contribution in [0.25, 0.3) is 11.1 Å². The number of rotatable bonds is 11. The first-order valence-electron chi connectivity index (χ1n) is 12.4. The Balaban J connectivity index is 1.32. The van der Waals surface area contributed by atoms with Gasteiger partial charge in [0, 0.05) is 25.4 Å². The number of carbonyl (C=O) groups excluding carboxylic acids is 2. The summed E-state index contributed by atoms with van der Waals surface area (Å²) < 4.78 is 5.62. The van der Waals surface area contributed by atoms with Gasteiger partial charge < -0.3 is 20.1 Å². The molecule has 0 radical (unpaired) electrons. The number of ether oxygens (including phenoxy) is 1. The summed E-state index contributed by atoms with van der Waals surface area (Å²) in [5, 5.41) is 12.0. The lowest BCUT2D eigenvalue weighted by Crippen LogP contribution is -2.40. The second-order valence-electron chi connectivity index (χ2n) is 10.1. The maximum absolute atomic E-state index is 12.9. The molecule has 2 aromatic carbocycles. The van der Waals surface area contributed by atoms with Crippen molar-refractivity contribution in [1.29, 1.82) is 0 Å². The van der Waals surface area contributed by atoms with Gasteiger partial charge in [-0.2, -0.15) is 0 Å². The molecule has 1 saturated carbocycles. The van der Waals surface area contributed by atoms with Gasteiger partial charge in [0.25, 0.3) is 0 Å². The maximum atomic E-state index is 12.9. The average molecular weight is 479 g/mol. The molecule has 1 unspecified atom stereocenters. The highest BCUT2D eigenvalue weighted by Crippen LogP contribution is 2.44. The zero-order chi connectivity index (χ0) is 24.9. The van der Waals surface area contributed by atoms with Crippen LogP contribution in [0.1, 0.15) is 50.2 Å². The van der Waals surface area contributed by atoms with E-state index in [4.69, 9.17) is 4.74 Å². The van der Waals surface area contributed by atoms with Crippen molar-refractivity contribution >= 4 is 18.0 Å². The molecule has 7 nitrogen and oxygen atoms in total. The Hall–Kier alpha value is -3.35. The molecule has 7 heteroatoms. The summed E-state index contributed by atoms with van der Waals surface area (Å²) in [5.41, 5.74) is 4.67. The number of benzene rings is 2. The largest absolute Gasteiger partial charge is 0.480 e. The third kappa shape index (κ3) is 6.21. The Labute approximate surface area is 206 Å². The molecule has 0 aliphatic heterocycles. The first-order valence-corrected chi connectivity index (χ1v) is 12.4. The van der Waals surface area contributed by atoms with Crippen molar-refractivity contribution < 1.29 is 24.2 Å². The van der Waals surface area contributed by atoms with Crippen LogP contribution in [0.5, 0.6) is 0 Å². The number of hydrogen-bond donors (Lipinski definition) is 2. The van der Waals surface area contributed by atoms with Gasteiger partial charge >= 0.3 is 12.1 Å². The Kier molecular flexibility index (Phi) is 7.73. The lowest BCUT2D eigenvalue weighted by molar-refractivity contribution is -0.145. The van der Waals surface area contributed by atoms with Gasteiger partial charge in [-0.15, -0.1) is 0 Å². The molecule has 0 bridgehead atoms. The quantitative estimate of drug-likeness (QED) is 0.495. The zero-order valence-electron chi connectivity index (χ0n) is 20.4. The molecule has 4 rings (SSSR count). The smallest absolute Gasteiger partial charge is 0.407 e. The number of nitrogens with one attached hydrogen (secondary N) is 1. The number of amides is 2. The molecule has 0 saturated heterocycles. The van der Waals surface area contributed by atoms with Crippen molar-refractivity contribution in [3.63, 3.8) is 0 Å². The molecule has 35 heavy (non-hydrogen) atoms. The third-order valence-corrected chi connectivity index (χ3v) is 6.84. The second-order valence-corrected chi connectivity index (χ2v) is 10.1. The van der Waals surface area contributed by atoms with Gasteiger partial charge in [0.1, 0.15) is 13.2 Å². The van der Waals surface area contributed by atoms with Crippen LogP contribution in [0.2, 0.25) is 0 Å². The van der Waals surface area contributed by atoms with E-state index in [0.29, 0.717) is 19.0 Å². The summed E-state index contributed by atoms with van der Waals surface area (Å²) in [6, 6.07) is 16.4. The van der Waals surface area contributed by atoms with E-state index in [1.54, 1.807) is 0 Å². The molecule has 2 aliphatic rings. The number of fused-ring (bicyclic) bond motifs is 3. The number of carbonyl (C=O) groups is 3. The lowest BCUT2D eigenvalue weighted by Gasteiger charge is -2.25. The van der Waals surface area contributed by atoms with E-state index >= 15 is 0 Å². The maximum Gasteiger partial charge on any atom is 0.407 e. The Morgan fingerprint density at radius 1 is 1.03 bits per heavy atom. The van der Waals surface area contributed by atoms with Crippen molar-refractivity contribution in [3.05, 3.63) is 59.7 Å². The van der Waals surface area contributed by atoms with Gasteiger partial charge in [0.2, 0.25) is 5.91 Å². The highest BCUT2D eigenvalue weighted by Gasteiger charge is 2.35. The zero-order valence-corrected chi connectivity index (χ0v) is 20.4. The number of alkyl carbamates (subject to hydrolysis) is 1. The van der Waals surface area contributed by atoms with Gasteiger partial charge in [0.15, 0.2) is 0 Å². The Bertz CT molecular complexity index is 1030. The van der Waals surface area contributed by atoms with Crippen molar-refractivity contribution in [2.24, 2.45) is 17.8 Å². The molecule has 2 aliphatic carbocycles. The van der Waals surface area contributed by atoms with Crippen LogP contribution in [-0.2, 0) is 14.3 Å². The van der Waals surface area contributed by atoms with Crippen LogP contribution in [0, 0.1) is 17.8 Å². The summed E-state index contributed by atoms with van der Waals surface area (Å²) in [6.45, 7) is 4.61. The fourth-order valence-electron chi connectivity index (χ4n) is 5.05. The number of carboxylic acids is 1. The molecule has 2 amide bonds. The standard InChI is InChI=1S/C28H34N2O5/c1-18(2)15-30(16-27(32)33)26(31)13-20(19-11-12-19)14-29-28(34)35-17-25-23-9-5-3-7-21(23)22-8-4-6-10-24(22)25/h3-10,18-20,25H,11-17H2,1-2H3,(H,29,34)(H,32,33). The van der Waals surface area contributed by atoms with E-state index in [0.717, 1.165) is 24.0 Å². The molecule has 186 valence electrons. The topological polar surface area (TPSA) is 95.9 Å². The van der Waals surface area contributed by atoms with E-state index in [-0.39, 0.29) is 43.2 Å². The molecule has 2 N–H and O–H groups in total. The predicted octanol–water partition coefficient (Wildman–Crippen LogP) is 4.51. The van der Waals surface area contributed by atoms with Crippen molar-refractivity contribution in [1.82, 2.24) is 10.2 Å². The highest BCUT2D eigenvalue weighted by atomic mass is 16.5. The summed E-state index contributed by atoms with van der Waals surface area (Å²) >= 11 is 0. The normalized spacial score (nSPS) is 15.3. The fourth-order valence-corrected chi connectivity index (χ4v) is 5.05. The summed E-state index contributed by atoms with van der Waals surface area (Å²) in [5.74, 6) is -0.665. The minimum atomic E-state index is -1.02.